The maximum Gasteiger partial charge on any atom is 0.162 e. The van der Waals surface area contributed by atoms with Crippen LogP contribution in [-0.4, -0.2) is 61.2 Å². The molecule has 1 fully saturated rings. The molecule has 1 aliphatic heterocycles. The van der Waals surface area contributed by atoms with E-state index in [2.05, 4.69) is 22.8 Å². The van der Waals surface area contributed by atoms with Crippen LogP contribution in [0.2, 0.25) is 5.02 Å². The Bertz CT molecular complexity index is 817. The minimum Gasteiger partial charge on any atom is -0.491 e. The van der Waals surface area contributed by atoms with Crippen molar-refractivity contribution in [2.45, 2.75) is 26.4 Å². The number of piperazine rings is 1. The highest BCUT2D eigenvalue weighted by Crippen LogP contribution is 2.27. The molecule has 6 heteroatoms. The van der Waals surface area contributed by atoms with Crippen LogP contribution in [0, 0.1) is 6.92 Å². The van der Waals surface area contributed by atoms with Crippen molar-refractivity contribution >= 4 is 23.1 Å². The summed E-state index contributed by atoms with van der Waals surface area (Å²) in [5.41, 5.74) is 2.99. The highest BCUT2D eigenvalue weighted by molar-refractivity contribution is 6.31. The summed E-state index contributed by atoms with van der Waals surface area (Å²) < 4.78 is 5.68. The zero-order chi connectivity index (χ0) is 20.8. The lowest BCUT2D eigenvalue weighted by molar-refractivity contribution is 0.0663. The normalized spacial score (nSPS) is 15.9. The predicted molar refractivity (Wildman–Crippen MR) is 117 cm³/mol. The first-order valence-corrected chi connectivity index (χ1v) is 10.5. The van der Waals surface area contributed by atoms with Crippen LogP contribution in [0.15, 0.2) is 42.5 Å². The summed E-state index contributed by atoms with van der Waals surface area (Å²) in [5, 5.41) is 11.2. The fraction of sp³-hybridized carbons (Fsp3) is 0.435. The van der Waals surface area contributed by atoms with Gasteiger partial charge in [-0.2, -0.15) is 0 Å². The van der Waals surface area contributed by atoms with E-state index < -0.39 is 6.10 Å². The third-order valence-corrected chi connectivity index (χ3v) is 5.77. The van der Waals surface area contributed by atoms with E-state index >= 15 is 0 Å². The average molecular weight is 417 g/mol. The van der Waals surface area contributed by atoms with Crippen LogP contribution >= 0.6 is 11.6 Å². The predicted octanol–water partition coefficient (Wildman–Crippen LogP) is 3.80. The van der Waals surface area contributed by atoms with Gasteiger partial charge >= 0.3 is 0 Å². The molecule has 156 valence electrons. The standard InChI is InChI=1S/C23H29ClN2O3/c1-3-23(28)18-7-9-20(10-8-18)29-16-19(27)15-25-11-13-26(14-12-25)22-6-4-5-21(24)17(22)2/h4-10,19,27H,3,11-16H2,1-2H3/t19-/m0/s1. The largest absolute Gasteiger partial charge is 0.491 e. The van der Waals surface area contributed by atoms with Gasteiger partial charge < -0.3 is 14.7 Å². The molecule has 2 aromatic rings. The van der Waals surface area contributed by atoms with E-state index in [-0.39, 0.29) is 12.4 Å². The molecule has 1 N–H and O–H groups in total. The summed E-state index contributed by atoms with van der Waals surface area (Å²) in [7, 11) is 0. The zero-order valence-electron chi connectivity index (χ0n) is 17.1. The Morgan fingerprint density at radius 2 is 1.83 bits per heavy atom. The number of benzene rings is 2. The summed E-state index contributed by atoms with van der Waals surface area (Å²) >= 11 is 6.25. The fourth-order valence-electron chi connectivity index (χ4n) is 3.59. The van der Waals surface area contributed by atoms with Gasteiger partial charge in [0.15, 0.2) is 5.78 Å². The molecule has 0 bridgehead atoms. The van der Waals surface area contributed by atoms with E-state index in [1.165, 1.54) is 5.69 Å². The van der Waals surface area contributed by atoms with Gasteiger partial charge in [-0.25, -0.2) is 0 Å². The molecule has 2 aromatic carbocycles. The molecule has 0 unspecified atom stereocenters. The SMILES string of the molecule is CCC(=O)c1ccc(OC[C@@H](O)CN2CCN(c3cccc(Cl)c3C)CC2)cc1. The monoisotopic (exact) mass is 416 g/mol. The van der Waals surface area contributed by atoms with Gasteiger partial charge in [0.05, 0.1) is 0 Å². The first kappa shape index (κ1) is 21.6. The molecule has 1 atom stereocenters. The number of halogens is 1. The molecule has 0 spiro atoms. The Morgan fingerprint density at radius 3 is 2.48 bits per heavy atom. The number of hydrogen-bond acceptors (Lipinski definition) is 5. The molecular formula is C23H29ClN2O3. The van der Waals surface area contributed by atoms with Crippen molar-refractivity contribution in [1.82, 2.24) is 4.90 Å². The Labute approximate surface area is 177 Å². The number of nitrogens with zero attached hydrogens (tertiary/aromatic N) is 2. The number of hydrogen-bond donors (Lipinski definition) is 1. The van der Waals surface area contributed by atoms with Crippen LogP contribution in [-0.2, 0) is 0 Å². The molecule has 0 amide bonds. The Kier molecular flexibility index (Phi) is 7.53. The molecular weight excluding hydrogens is 388 g/mol. The fourth-order valence-corrected chi connectivity index (χ4v) is 3.76. The van der Waals surface area contributed by atoms with Gasteiger partial charge in [-0.05, 0) is 48.9 Å². The maximum atomic E-state index is 11.7. The van der Waals surface area contributed by atoms with Gasteiger partial charge in [-0.3, -0.25) is 9.69 Å². The van der Waals surface area contributed by atoms with Crippen molar-refractivity contribution in [3.63, 3.8) is 0 Å². The molecule has 0 aromatic heterocycles. The second kappa shape index (κ2) is 10.1. The number of ketones is 1. The van der Waals surface area contributed by atoms with Gasteiger partial charge in [-0.1, -0.05) is 24.6 Å². The second-order valence-electron chi connectivity index (χ2n) is 7.44. The highest BCUT2D eigenvalue weighted by atomic mass is 35.5. The van der Waals surface area contributed by atoms with Crippen LogP contribution in [0.4, 0.5) is 5.69 Å². The van der Waals surface area contributed by atoms with E-state index in [0.717, 1.165) is 36.8 Å². The lowest BCUT2D eigenvalue weighted by Gasteiger charge is -2.37. The Morgan fingerprint density at radius 1 is 1.14 bits per heavy atom. The summed E-state index contributed by atoms with van der Waals surface area (Å²) in [6.07, 6.45) is -0.0744. The van der Waals surface area contributed by atoms with Gasteiger partial charge in [0.25, 0.3) is 0 Å². The van der Waals surface area contributed by atoms with Gasteiger partial charge in [0, 0.05) is 55.4 Å². The zero-order valence-corrected chi connectivity index (χ0v) is 17.9. The van der Waals surface area contributed by atoms with Crippen molar-refractivity contribution in [3.05, 3.63) is 58.6 Å². The summed E-state index contributed by atoms with van der Waals surface area (Å²) in [6, 6.07) is 13.1. The quantitative estimate of drug-likeness (QED) is 0.663. The van der Waals surface area contributed by atoms with Crippen LogP contribution in [0.25, 0.3) is 0 Å². The number of β-amino-alcohol motifs (C(OH)–C–C–N with tert-alkyl or cyclic N) is 1. The van der Waals surface area contributed by atoms with E-state index in [4.69, 9.17) is 16.3 Å². The molecule has 3 rings (SSSR count). The first-order chi connectivity index (χ1) is 14.0. The van der Waals surface area contributed by atoms with E-state index in [1.807, 2.05) is 19.1 Å². The molecule has 0 saturated carbocycles. The first-order valence-electron chi connectivity index (χ1n) is 10.1. The third kappa shape index (κ3) is 5.72. The molecule has 0 radical (unpaired) electrons. The number of ether oxygens (including phenoxy) is 1. The van der Waals surface area contributed by atoms with E-state index in [0.29, 0.717) is 24.3 Å². The molecule has 1 heterocycles. The number of aliphatic hydroxyl groups is 1. The topological polar surface area (TPSA) is 53.0 Å². The number of carbonyl (C=O) groups is 1. The molecule has 5 nitrogen and oxygen atoms in total. The second-order valence-corrected chi connectivity index (χ2v) is 7.84. The lowest BCUT2D eigenvalue weighted by atomic mass is 10.1. The Balaban J connectivity index is 1.43. The van der Waals surface area contributed by atoms with Gasteiger partial charge in [0.2, 0.25) is 0 Å². The minimum absolute atomic E-state index is 0.115. The summed E-state index contributed by atoms with van der Waals surface area (Å²) in [6.45, 7) is 8.29. The summed E-state index contributed by atoms with van der Waals surface area (Å²) in [4.78, 5) is 16.3. The Hall–Kier alpha value is -2.08. The number of Topliss-reactive ketones (excluding diaryl/α,β-unsaturated/α-hetero) is 1. The lowest BCUT2D eigenvalue weighted by Crippen LogP contribution is -2.49. The van der Waals surface area contributed by atoms with Crippen LogP contribution < -0.4 is 9.64 Å². The van der Waals surface area contributed by atoms with E-state index in [9.17, 15) is 9.90 Å². The third-order valence-electron chi connectivity index (χ3n) is 5.36. The summed E-state index contributed by atoms with van der Waals surface area (Å²) in [5.74, 6) is 0.779. The number of carbonyl (C=O) groups excluding carboxylic acids is 1. The van der Waals surface area contributed by atoms with Gasteiger partial charge in [-0.15, -0.1) is 0 Å². The number of aliphatic hydroxyl groups excluding tert-OH is 1. The van der Waals surface area contributed by atoms with Crippen molar-refractivity contribution < 1.29 is 14.6 Å². The highest BCUT2D eigenvalue weighted by Gasteiger charge is 2.21. The molecule has 1 aliphatic rings. The van der Waals surface area contributed by atoms with Gasteiger partial charge in [0.1, 0.15) is 18.5 Å². The maximum absolute atomic E-state index is 11.7. The minimum atomic E-state index is -0.564. The van der Waals surface area contributed by atoms with Crippen LogP contribution in [0.5, 0.6) is 5.75 Å². The van der Waals surface area contributed by atoms with Crippen molar-refractivity contribution in [1.29, 1.82) is 0 Å². The van der Waals surface area contributed by atoms with Crippen LogP contribution in [0.3, 0.4) is 0 Å². The van der Waals surface area contributed by atoms with Crippen molar-refractivity contribution in [2.75, 3.05) is 44.2 Å². The van der Waals surface area contributed by atoms with Crippen molar-refractivity contribution in [2.24, 2.45) is 0 Å². The molecule has 1 saturated heterocycles. The molecule has 0 aliphatic carbocycles. The van der Waals surface area contributed by atoms with E-state index in [1.54, 1.807) is 24.3 Å². The van der Waals surface area contributed by atoms with Crippen molar-refractivity contribution in [3.8, 4) is 5.75 Å². The molecule has 29 heavy (non-hydrogen) atoms. The average Bonchev–Trinajstić information content (AvgIpc) is 2.75. The number of rotatable bonds is 8. The number of anilines is 1. The smallest absolute Gasteiger partial charge is 0.162 e. The van der Waals surface area contributed by atoms with Crippen LogP contribution in [0.1, 0.15) is 29.3 Å².